The molecule has 100 valence electrons. The average molecular weight is 271 g/mol. The first-order chi connectivity index (χ1) is 8.72. The molecule has 0 aliphatic carbocycles. The van der Waals surface area contributed by atoms with Gasteiger partial charge in [0, 0.05) is 11.6 Å². The van der Waals surface area contributed by atoms with Gasteiger partial charge in [-0.15, -0.1) is 11.8 Å². The van der Waals surface area contributed by atoms with Crippen molar-refractivity contribution in [3.05, 3.63) is 17.4 Å². The summed E-state index contributed by atoms with van der Waals surface area (Å²) < 4.78 is 24.8. The number of thioether (sulfide) groups is 1. The lowest BCUT2D eigenvalue weighted by atomic mass is 10.0. The number of nitrogens with one attached hydrogen (secondary N) is 1. The van der Waals surface area contributed by atoms with E-state index in [1.165, 1.54) is 11.8 Å². The van der Waals surface area contributed by atoms with E-state index in [2.05, 4.69) is 5.32 Å². The summed E-state index contributed by atoms with van der Waals surface area (Å²) in [5.41, 5.74) is 0.849. The third kappa shape index (κ3) is 2.29. The molecule has 1 heterocycles. The summed E-state index contributed by atoms with van der Waals surface area (Å²) in [4.78, 5) is 0.496. The molecule has 1 aromatic carbocycles. The Hall–Kier alpha value is -0.940. The van der Waals surface area contributed by atoms with Gasteiger partial charge in [0.2, 0.25) is 0 Å². The molecular weight excluding hydrogens is 253 g/mol. The second-order valence-corrected chi connectivity index (χ2v) is 5.01. The van der Waals surface area contributed by atoms with Gasteiger partial charge in [0.15, 0.2) is 11.5 Å². The van der Waals surface area contributed by atoms with Gasteiger partial charge >= 0.3 is 0 Å². The van der Waals surface area contributed by atoms with Crippen LogP contribution in [-0.2, 0) is 0 Å². The molecule has 18 heavy (non-hydrogen) atoms. The van der Waals surface area contributed by atoms with Crippen molar-refractivity contribution in [1.29, 1.82) is 0 Å². The molecule has 1 aromatic rings. The van der Waals surface area contributed by atoms with Crippen LogP contribution in [-0.4, -0.2) is 27.0 Å². The highest BCUT2D eigenvalue weighted by Crippen LogP contribution is 2.44. The molecule has 1 fully saturated rings. The van der Waals surface area contributed by atoms with E-state index >= 15 is 0 Å². The summed E-state index contributed by atoms with van der Waals surface area (Å²) in [5.74, 6) is 0.889. The summed E-state index contributed by atoms with van der Waals surface area (Å²) in [6, 6.07) is 1.72. The molecule has 0 saturated carbocycles. The highest BCUT2D eigenvalue weighted by Gasteiger charge is 2.26. The number of hydrogen-bond acceptors (Lipinski definition) is 4. The van der Waals surface area contributed by atoms with Gasteiger partial charge in [0.1, 0.15) is 5.82 Å². The predicted octanol–water partition coefficient (Wildman–Crippen LogP) is 2.99. The molecule has 1 unspecified atom stereocenters. The van der Waals surface area contributed by atoms with Crippen molar-refractivity contribution < 1.29 is 13.9 Å². The Balaban J connectivity index is 2.55. The lowest BCUT2D eigenvalue weighted by molar-refractivity contribution is 0.336. The lowest BCUT2D eigenvalue weighted by Crippen LogP contribution is -2.15. The summed E-state index contributed by atoms with van der Waals surface area (Å²) in [5, 5.41) is 3.35. The van der Waals surface area contributed by atoms with E-state index in [1.807, 2.05) is 6.26 Å². The zero-order chi connectivity index (χ0) is 13.1. The second kappa shape index (κ2) is 5.80. The Labute approximate surface area is 111 Å². The Morgan fingerprint density at radius 1 is 1.33 bits per heavy atom. The summed E-state index contributed by atoms with van der Waals surface area (Å²) >= 11 is 1.33. The minimum atomic E-state index is -0.246. The number of ether oxygens (including phenoxy) is 2. The molecule has 0 radical (unpaired) electrons. The van der Waals surface area contributed by atoms with Crippen LogP contribution < -0.4 is 14.8 Å². The van der Waals surface area contributed by atoms with Gasteiger partial charge < -0.3 is 14.8 Å². The molecule has 0 bridgehead atoms. The highest BCUT2D eigenvalue weighted by molar-refractivity contribution is 7.98. The van der Waals surface area contributed by atoms with Crippen molar-refractivity contribution in [2.24, 2.45) is 0 Å². The Bertz CT molecular complexity index is 433. The van der Waals surface area contributed by atoms with E-state index < -0.39 is 0 Å². The molecular formula is C13H18FNO2S. The van der Waals surface area contributed by atoms with Crippen molar-refractivity contribution in [1.82, 2.24) is 5.32 Å². The Kier molecular flexibility index (Phi) is 4.35. The third-order valence-corrected chi connectivity index (χ3v) is 4.01. The number of methoxy groups -OCH3 is 2. The minimum absolute atomic E-state index is 0.152. The Morgan fingerprint density at radius 2 is 2.06 bits per heavy atom. The standard InChI is InChI=1S/C13H18FNO2S/c1-16-11-8(10-5-4-6-15-10)7-9(14)13(18-3)12(11)17-2/h7,10,15H,4-6H2,1-3H3. The quantitative estimate of drug-likeness (QED) is 0.853. The van der Waals surface area contributed by atoms with Crippen LogP contribution in [0, 0.1) is 5.82 Å². The van der Waals surface area contributed by atoms with Gasteiger partial charge in [-0.3, -0.25) is 0 Å². The predicted molar refractivity (Wildman–Crippen MR) is 71.3 cm³/mol. The van der Waals surface area contributed by atoms with E-state index in [1.54, 1.807) is 20.3 Å². The molecule has 2 rings (SSSR count). The molecule has 1 saturated heterocycles. The van der Waals surface area contributed by atoms with Crippen molar-refractivity contribution in [2.45, 2.75) is 23.8 Å². The maximum atomic E-state index is 14.1. The zero-order valence-electron chi connectivity index (χ0n) is 10.9. The van der Waals surface area contributed by atoms with E-state index in [0.717, 1.165) is 24.9 Å². The van der Waals surface area contributed by atoms with Crippen LogP contribution in [0.15, 0.2) is 11.0 Å². The fourth-order valence-electron chi connectivity index (χ4n) is 2.41. The number of benzene rings is 1. The van der Waals surface area contributed by atoms with E-state index in [-0.39, 0.29) is 11.9 Å². The van der Waals surface area contributed by atoms with Gasteiger partial charge in [0.25, 0.3) is 0 Å². The number of hydrogen-bond donors (Lipinski definition) is 1. The van der Waals surface area contributed by atoms with Gasteiger partial charge in [-0.05, 0) is 31.7 Å². The molecule has 3 nitrogen and oxygen atoms in total. The second-order valence-electron chi connectivity index (χ2n) is 4.20. The lowest BCUT2D eigenvalue weighted by Gasteiger charge is -2.20. The van der Waals surface area contributed by atoms with Crippen molar-refractivity contribution in [2.75, 3.05) is 27.0 Å². The first kappa shape index (κ1) is 13.5. The SMILES string of the molecule is COc1c(C2CCCN2)cc(F)c(SC)c1OC. The summed E-state index contributed by atoms with van der Waals surface area (Å²) in [6.45, 7) is 0.960. The molecule has 1 aliphatic heterocycles. The molecule has 0 aromatic heterocycles. The van der Waals surface area contributed by atoms with E-state index in [4.69, 9.17) is 9.47 Å². The van der Waals surface area contributed by atoms with Crippen LogP contribution in [0.25, 0.3) is 0 Å². The van der Waals surface area contributed by atoms with Crippen LogP contribution in [0.5, 0.6) is 11.5 Å². The largest absolute Gasteiger partial charge is 0.492 e. The van der Waals surface area contributed by atoms with E-state index in [9.17, 15) is 4.39 Å². The van der Waals surface area contributed by atoms with Gasteiger partial charge in [-0.1, -0.05) is 0 Å². The van der Waals surface area contributed by atoms with Gasteiger partial charge in [-0.2, -0.15) is 0 Å². The maximum absolute atomic E-state index is 14.1. The number of halogens is 1. The molecule has 0 amide bonds. The normalized spacial score (nSPS) is 19.0. The van der Waals surface area contributed by atoms with Crippen molar-refractivity contribution in [3.8, 4) is 11.5 Å². The molecule has 1 N–H and O–H groups in total. The average Bonchev–Trinajstić information content (AvgIpc) is 2.90. The fraction of sp³-hybridized carbons (Fsp3) is 0.538. The topological polar surface area (TPSA) is 30.5 Å². The van der Waals surface area contributed by atoms with Crippen molar-refractivity contribution >= 4 is 11.8 Å². The zero-order valence-corrected chi connectivity index (χ0v) is 11.7. The van der Waals surface area contributed by atoms with Crippen LogP contribution in [0.3, 0.4) is 0 Å². The van der Waals surface area contributed by atoms with E-state index in [0.29, 0.717) is 16.4 Å². The summed E-state index contributed by atoms with van der Waals surface area (Å²) in [7, 11) is 3.14. The minimum Gasteiger partial charge on any atom is -0.492 e. The van der Waals surface area contributed by atoms with Crippen LogP contribution in [0.1, 0.15) is 24.4 Å². The fourth-order valence-corrected chi connectivity index (χ4v) is 3.02. The monoisotopic (exact) mass is 271 g/mol. The number of rotatable bonds is 4. The highest BCUT2D eigenvalue weighted by atomic mass is 32.2. The maximum Gasteiger partial charge on any atom is 0.177 e. The Morgan fingerprint density at radius 3 is 2.56 bits per heavy atom. The van der Waals surface area contributed by atoms with Gasteiger partial charge in [0.05, 0.1) is 19.1 Å². The molecule has 1 atom stereocenters. The smallest absolute Gasteiger partial charge is 0.177 e. The third-order valence-electron chi connectivity index (χ3n) is 3.22. The molecule has 1 aliphatic rings. The van der Waals surface area contributed by atoms with Crippen LogP contribution in [0.4, 0.5) is 4.39 Å². The first-order valence-electron chi connectivity index (χ1n) is 5.94. The van der Waals surface area contributed by atoms with Crippen molar-refractivity contribution in [3.63, 3.8) is 0 Å². The molecule has 5 heteroatoms. The van der Waals surface area contributed by atoms with Gasteiger partial charge in [-0.25, -0.2) is 4.39 Å². The summed E-state index contributed by atoms with van der Waals surface area (Å²) in [6.07, 6.45) is 3.92. The molecule has 0 spiro atoms. The van der Waals surface area contributed by atoms with Crippen LogP contribution in [0.2, 0.25) is 0 Å². The first-order valence-corrected chi connectivity index (χ1v) is 7.17. The van der Waals surface area contributed by atoms with Crippen LogP contribution >= 0.6 is 11.8 Å².